The lowest BCUT2D eigenvalue weighted by molar-refractivity contribution is 0.0992. The Bertz CT molecular complexity index is 708. The molecule has 1 aliphatic heterocycles. The molecule has 0 saturated carbocycles. The quantitative estimate of drug-likeness (QED) is 0.494. The minimum atomic E-state index is 0.0299. The zero-order valence-electron chi connectivity index (χ0n) is 15.3. The molecule has 27 heavy (non-hydrogen) atoms. The van der Waals surface area contributed by atoms with Crippen LogP contribution >= 0.6 is 15.9 Å². The van der Waals surface area contributed by atoms with E-state index in [1.54, 1.807) is 6.20 Å². The van der Waals surface area contributed by atoms with E-state index in [0.29, 0.717) is 31.5 Å². The smallest absolute Gasteiger partial charge is 0.229 e. The minimum Gasteiger partial charge on any atom is -0.394 e. The van der Waals surface area contributed by atoms with E-state index < -0.39 is 0 Å². The third kappa shape index (κ3) is 6.42. The van der Waals surface area contributed by atoms with Crippen molar-refractivity contribution in [3.63, 3.8) is 0 Å². The second-order valence-corrected chi connectivity index (χ2v) is 7.31. The Morgan fingerprint density at radius 1 is 1.15 bits per heavy atom. The summed E-state index contributed by atoms with van der Waals surface area (Å²) in [6, 6.07) is 8.42. The van der Waals surface area contributed by atoms with Crippen molar-refractivity contribution in [2.75, 3.05) is 50.1 Å². The number of anilines is 3. The van der Waals surface area contributed by atoms with Gasteiger partial charge < -0.3 is 20.5 Å². The Morgan fingerprint density at radius 3 is 2.67 bits per heavy atom. The van der Waals surface area contributed by atoms with E-state index in [1.807, 2.05) is 0 Å². The van der Waals surface area contributed by atoms with Gasteiger partial charge in [-0.3, -0.25) is 4.90 Å². The number of aliphatic hydroxyl groups excluding tert-OH is 1. The summed E-state index contributed by atoms with van der Waals surface area (Å²) in [5.41, 5.74) is 2.28. The second-order valence-electron chi connectivity index (χ2n) is 6.46. The van der Waals surface area contributed by atoms with E-state index >= 15 is 0 Å². The minimum absolute atomic E-state index is 0.0299. The van der Waals surface area contributed by atoms with Crippen LogP contribution in [0.2, 0.25) is 0 Å². The molecule has 3 rings (SSSR count). The lowest BCUT2D eigenvalue weighted by atomic mass is 10.2. The molecule has 1 aromatic carbocycles. The molecule has 7 nitrogen and oxygen atoms in total. The first-order valence-electron chi connectivity index (χ1n) is 9.28. The fourth-order valence-electron chi connectivity index (χ4n) is 2.98. The van der Waals surface area contributed by atoms with Crippen molar-refractivity contribution in [2.24, 2.45) is 0 Å². The molecule has 1 aromatic heterocycles. The average Bonchev–Trinajstić information content (AvgIpc) is 3.18. The maximum Gasteiger partial charge on any atom is 0.229 e. The molecule has 0 bridgehead atoms. The fourth-order valence-corrected chi connectivity index (χ4v) is 3.31. The van der Waals surface area contributed by atoms with E-state index in [9.17, 15) is 0 Å². The Labute approximate surface area is 168 Å². The predicted molar refractivity (Wildman–Crippen MR) is 110 cm³/mol. The van der Waals surface area contributed by atoms with Crippen LogP contribution in [0.15, 0.2) is 34.9 Å². The molecule has 0 aliphatic carbocycles. The number of halogens is 1. The molecule has 1 saturated heterocycles. The number of aromatic nitrogens is 2. The highest BCUT2D eigenvalue weighted by molar-refractivity contribution is 9.10. The molecular weight excluding hydrogens is 410 g/mol. The van der Waals surface area contributed by atoms with Crippen molar-refractivity contribution in [3.8, 4) is 0 Å². The number of benzene rings is 1. The average molecular weight is 436 g/mol. The van der Waals surface area contributed by atoms with Crippen LogP contribution in [0.1, 0.15) is 18.4 Å². The summed E-state index contributed by atoms with van der Waals surface area (Å²) in [6.45, 7) is 4.89. The van der Waals surface area contributed by atoms with Gasteiger partial charge in [0.05, 0.1) is 24.3 Å². The van der Waals surface area contributed by atoms with Gasteiger partial charge >= 0.3 is 0 Å². The predicted octanol–water partition coefficient (Wildman–Crippen LogP) is 3.00. The van der Waals surface area contributed by atoms with Gasteiger partial charge in [-0.1, -0.05) is 12.1 Å². The highest BCUT2D eigenvalue weighted by Gasteiger charge is 2.11. The van der Waals surface area contributed by atoms with Crippen LogP contribution in [0.3, 0.4) is 0 Å². The van der Waals surface area contributed by atoms with E-state index in [2.05, 4.69) is 65.7 Å². The van der Waals surface area contributed by atoms with E-state index in [1.165, 1.54) is 31.5 Å². The molecule has 2 aromatic rings. The highest BCUT2D eigenvalue weighted by Crippen LogP contribution is 2.22. The Hall–Kier alpha value is -1.74. The number of ether oxygens (including phenoxy) is 1. The summed E-state index contributed by atoms with van der Waals surface area (Å²) in [4.78, 5) is 11.3. The standard InChI is InChI=1S/C19H26BrN5O2/c20-17-13-22-19(24-18(17)21-7-11-27-12-10-26)23-16-5-3-15(4-6-16)14-25-8-1-2-9-25/h3-6,13,26H,1-2,7-12,14H2,(H2,21,22,23,24). The van der Waals surface area contributed by atoms with Crippen LogP contribution in [0.5, 0.6) is 0 Å². The van der Waals surface area contributed by atoms with Crippen molar-refractivity contribution < 1.29 is 9.84 Å². The topological polar surface area (TPSA) is 82.5 Å². The van der Waals surface area contributed by atoms with Crippen molar-refractivity contribution in [1.82, 2.24) is 14.9 Å². The molecule has 1 aliphatic rings. The zero-order valence-corrected chi connectivity index (χ0v) is 16.9. The van der Waals surface area contributed by atoms with Gasteiger partial charge in [0.15, 0.2) is 0 Å². The van der Waals surface area contributed by atoms with Crippen LogP contribution in [0, 0.1) is 0 Å². The van der Waals surface area contributed by atoms with Gasteiger partial charge in [0, 0.05) is 25.0 Å². The van der Waals surface area contributed by atoms with Crippen molar-refractivity contribution in [3.05, 3.63) is 40.5 Å². The largest absolute Gasteiger partial charge is 0.394 e. The van der Waals surface area contributed by atoms with Gasteiger partial charge in [-0.15, -0.1) is 0 Å². The first kappa shape index (κ1) is 20.0. The van der Waals surface area contributed by atoms with Crippen molar-refractivity contribution in [1.29, 1.82) is 0 Å². The summed E-state index contributed by atoms with van der Waals surface area (Å²) < 4.78 is 6.03. The normalized spacial score (nSPS) is 14.4. The fraction of sp³-hybridized carbons (Fsp3) is 0.474. The SMILES string of the molecule is OCCOCCNc1nc(Nc2ccc(CN3CCCC3)cc2)ncc1Br. The van der Waals surface area contributed by atoms with Crippen LogP contribution in [-0.2, 0) is 11.3 Å². The van der Waals surface area contributed by atoms with Crippen molar-refractivity contribution in [2.45, 2.75) is 19.4 Å². The maximum absolute atomic E-state index is 8.71. The van der Waals surface area contributed by atoms with E-state index in [-0.39, 0.29) is 6.61 Å². The summed E-state index contributed by atoms with van der Waals surface area (Å²) in [5, 5.41) is 15.1. The number of rotatable bonds is 10. The van der Waals surface area contributed by atoms with Crippen LogP contribution in [0.4, 0.5) is 17.5 Å². The maximum atomic E-state index is 8.71. The van der Waals surface area contributed by atoms with Gasteiger partial charge in [0.25, 0.3) is 0 Å². The van der Waals surface area contributed by atoms with Gasteiger partial charge in [0.2, 0.25) is 5.95 Å². The van der Waals surface area contributed by atoms with Gasteiger partial charge in [-0.2, -0.15) is 4.98 Å². The molecule has 0 amide bonds. The molecular formula is C19H26BrN5O2. The Kier molecular flexibility index (Phi) is 7.82. The summed E-state index contributed by atoms with van der Waals surface area (Å²) >= 11 is 3.45. The molecule has 0 radical (unpaired) electrons. The first-order valence-corrected chi connectivity index (χ1v) is 10.1. The lowest BCUT2D eigenvalue weighted by Gasteiger charge is -2.15. The van der Waals surface area contributed by atoms with E-state index in [0.717, 1.165) is 16.7 Å². The van der Waals surface area contributed by atoms with Gasteiger partial charge in [-0.25, -0.2) is 4.98 Å². The molecule has 8 heteroatoms. The van der Waals surface area contributed by atoms with Crippen LogP contribution in [0.25, 0.3) is 0 Å². The molecule has 0 atom stereocenters. The van der Waals surface area contributed by atoms with Crippen LogP contribution in [-0.4, -0.2) is 59.4 Å². The third-order valence-corrected chi connectivity index (χ3v) is 4.91. The summed E-state index contributed by atoms with van der Waals surface area (Å²) in [5.74, 6) is 1.23. The Balaban J connectivity index is 1.54. The number of likely N-dealkylation sites (tertiary alicyclic amines) is 1. The lowest BCUT2D eigenvalue weighted by Crippen LogP contribution is -2.18. The third-order valence-electron chi connectivity index (χ3n) is 4.33. The Morgan fingerprint density at radius 2 is 1.93 bits per heavy atom. The molecule has 0 spiro atoms. The number of nitrogens with zero attached hydrogens (tertiary/aromatic N) is 3. The molecule has 146 valence electrons. The van der Waals surface area contributed by atoms with Crippen LogP contribution < -0.4 is 10.6 Å². The number of aliphatic hydroxyl groups is 1. The van der Waals surface area contributed by atoms with Gasteiger partial charge in [0.1, 0.15) is 5.82 Å². The molecule has 0 unspecified atom stereocenters. The summed E-state index contributed by atoms with van der Waals surface area (Å²) in [7, 11) is 0. The highest BCUT2D eigenvalue weighted by atomic mass is 79.9. The molecule has 3 N–H and O–H groups in total. The second kappa shape index (κ2) is 10.6. The monoisotopic (exact) mass is 435 g/mol. The summed E-state index contributed by atoms with van der Waals surface area (Å²) in [6.07, 6.45) is 4.34. The number of nitrogens with one attached hydrogen (secondary N) is 2. The zero-order chi connectivity index (χ0) is 18.9. The molecule has 1 fully saturated rings. The van der Waals surface area contributed by atoms with Gasteiger partial charge in [-0.05, 0) is 59.6 Å². The van der Waals surface area contributed by atoms with E-state index in [4.69, 9.17) is 9.84 Å². The number of hydrogen-bond acceptors (Lipinski definition) is 7. The number of hydrogen-bond donors (Lipinski definition) is 3. The van der Waals surface area contributed by atoms with Crippen molar-refractivity contribution >= 4 is 33.4 Å². The first-order chi connectivity index (χ1) is 13.2. The molecule has 2 heterocycles.